The first-order chi connectivity index (χ1) is 18.8. The highest BCUT2D eigenvalue weighted by Gasteiger charge is 2.24. The molecule has 4 aromatic rings. The van der Waals surface area contributed by atoms with E-state index in [0.717, 1.165) is 36.2 Å². The number of amides is 1. The van der Waals surface area contributed by atoms with Gasteiger partial charge >= 0.3 is 6.01 Å². The van der Waals surface area contributed by atoms with Crippen LogP contribution in [0.4, 0.5) is 15.8 Å². The van der Waals surface area contributed by atoms with Gasteiger partial charge in [0, 0.05) is 66.9 Å². The van der Waals surface area contributed by atoms with Crippen LogP contribution in [0, 0.1) is 12.7 Å². The molecule has 0 radical (unpaired) electrons. The molecule has 11 heteroatoms. The van der Waals surface area contributed by atoms with Crippen LogP contribution < -0.4 is 20.3 Å². The number of nitrogens with one attached hydrogen (secondary N) is 2. The largest absolute Gasteiger partial charge is 0.460 e. The average molecular weight is 532 g/mol. The lowest BCUT2D eigenvalue weighted by atomic mass is 10.1. The molecular weight excluding hydrogens is 501 g/mol. The first-order valence-corrected chi connectivity index (χ1v) is 13.0. The summed E-state index contributed by atoms with van der Waals surface area (Å²) in [5, 5.41) is 6.90. The minimum Gasteiger partial charge on any atom is -0.460 e. The molecule has 1 atom stereocenters. The summed E-state index contributed by atoms with van der Waals surface area (Å²) < 4.78 is 27.7. The van der Waals surface area contributed by atoms with Gasteiger partial charge in [0.2, 0.25) is 0 Å². The maximum absolute atomic E-state index is 14.7. The number of hydrogen-bond donors (Lipinski definition) is 2. The number of fused-ring (bicyclic) bond motifs is 2. The molecule has 6 rings (SSSR count). The molecule has 0 saturated carbocycles. The van der Waals surface area contributed by atoms with Crippen LogP contribution in [0.1, 0.15) is 35.8 Å². The molecule has 0 aliphatic carbocycles. The number of rotatable bonds is 5. The average Bonchev–Trinajstić information content (AvgIpc) is 3.28. The number of imidazole rings is 1. The third kappa shape index (κ3) is 5.09. The smallest absolute Gasteiger partial charge is 0.317 e. The van der Waals surface area contributed by atoms with Crippen molar-refractivity contribution in [1.82, 2.24) is 24.7 Å². The zero-order valence-corrected chi connectivity index (χ0v) is 21.9. The van der Waals surface area contributed by atoms with Crippen molar-refractivity contribution < 1.29 is 18.7 Å². The second-order valence-corrected chi connectivity index (χ2v) is 10.2. The number of anilines is 2. The van der Waals surface area contributed by atoms with Gasteiger partial charge in [-0.1, -0.05) is 6.58 Å². The Morgan fingerprint density at radius 3 is 2.87 bits per heavy atom. The van der Waals surface area contributed by atoms with E-state index in [2.05, 4.69) is 39.0 Å². The first kappa shape index (κ1) is 25.1. The van der Waals surface area contributed by atoms with Gasteiger partial charge in [0.1, 0.15) is 6.10 Å². The van der Waals surface area contributed by atoms with Crippen molar-refractivity contribution in [2.45, 2.75) is 38.8 Å². The minimum atomic E-state index is -0.524. The molecule has 2 saturated heterocycles. The molecule has 0 bridgehead atoms. The number of carbonyl (C=O) groups excluding carboxylic acids is 1. The minimum absolute atomic E-state index is 0.0534. The lowest BCUT2D eigenvalue weighted by Gasteiger charge is -2.36. The van der Waals surface area contributed by atoms with Crippen LogP contribution in [0.5, 0.6) is 6.01 Å². The van der Waals surface area contributed by atoms with Gasteiger partial charge in [0.05, 0.1) is 42.2 Å². The fourth-order valence-electron chi connectivity index (χ4n) is 5.24. The number of aromatic nitrogens is 4. The Bertz CT molecular complexity index is 1580. The lowest BCUT2D eigenvalue weighted by Crippen LogP contribution is -2.47. The van der Waals surface area contributed by atoms with E-state index in [1.54, 1.807) is 36.0 Å². The van der Waals surface area contributed by atoms with Crippen molar-refractivity contribution >= 4 is 33.8 Å². The fraction of sp³-hybridized carbons (Fsp3) is 0.357. The molecule has 2 N–H and O–H groups in total. The zero-order chi connectivity index (χ0) is 27.1. The Morgan fingerprint density at radius 1 is 1.26 bits per heavy atom. The number of carbonyl (C=O) groups is 1. The molecule has 1 amide bonds. The maximum Gasteiger partial charge on any atom is 0.317 e. The predicted molar refractivity (Wildman–Crippen MR) is 146 cm³/mol. The number of piperazine rings is 1. The third-order valence-electron chi connectivity index (χ3n) is 6.94. The van der Waals surface area contributed by atoms with Crippen LogP contribution in [-0.2, 0) is 4.74 Å². The fourth-order valence-corrected chi connectivity index (χ4v) is 5.24. The molecule has 3 aromatic heterocycles. The van der Waals surface area contributed by atoms with Gasteiger partial charge in [0.25, 0.3) is 5.91 Å². The second kappa shape index (κ2) is 10.1. The SMILES string of the molecule is C=C1CN(c2ccc(C(=O)Nc3cc(F)c4nc(C)cn4c3)c3nc(OC4CCOCC4)ncc23)C[C@H](C)N1. The standard InChI is InChI=1S/C28H30FN7O3/c1-16-12-35(13-17(2)31-16)24-5-4-21(25-22(24)11-30-28(34-25)39-20-6-8-38-9-7-20)27(37)33-19-10-23(29)26-32-18(3)14-36(26)15-19/h4-5,10-11,14-15,17,20,31H,1,6-9,12-13H2,2-3H3,(H,33,37)/t17-/m0/s1. The van der Waals surface area contributed by atoms with E-state index in [4.69, 9.17) is 14.5 Å². The molecule has 39 heavy (non-hydrogen) atoms. The quantitative estimate of drug-likeness (QED) is 0.400. The van der Waals surface area contributed by atoms with E-state index in [1.165, 1.54) is 6.07 Å². The molecule has 2 aliphatic heterocycles. The van der Waals surface area contributed by atoms with E-state index >= 15 is 0 Å². The summed E-state index contributed by atoms with van der Waals surface area (Å²) in [6.45, 7) is 10.6. The number of pyridine rings is 1. The van der Waals surface area contributed by atoms with Crippen molar-refractivity contribution in [2.24, 2.45) is 0 Å². The summed E-state index contributed by atoms with van der Waals surface area (Å²) in [6.07, 6.45) is 6.48. The maximum atomic E-state index is 14.7. The highest BCUT2D eigenvalue weighted by molar-refractivity contribution is 6.13. The molecular formula is C28H30FN7O3. The van der Waals surface area contributed by atoms with Gasteiger partial charge in [-0.2, -0.15) is 4.98 Å². The molecule has 0 spiro atoms. The summed E-state index contributed by atoms with van der Waals surface area (Å²) in [7, 11) is 0. The van der Waals surface area contributed by atoms with Gasteiger partial charge in [-0.25, -0.2) is 14.4 Å². The number of benzene rings is 1. The first-order valence-electron chi connectivity index (χ1n) is 13.0. The number of aryl methyl sites for hydroxylation is 1. The number of halogens is 1. The Morgan fingerprint density at radius 2 is 2.08 bits per heavy atom. The van der Waals surface area contributed by atoms with E-state index in [1.807, 2.05) is 6.07 Å². The van der Waals surface area contributed by atoms with Gasteiger partial charge in [-0.3, -0.25) is 4.79 Å². The van der Waals surface area contributed by atoms with Gasteiger partial charge in [-0.05, 0) is 26.0 Å². The molecule has 5 heterocycles. The van der Waals surface area contributed by atoms with Crippen LogP contribution >= 0.6 is 0 Å². The number of hydrogen-bond acceptors (Lipinski definition) is 8. The molecule has 2 aliphatic rings. The van der Waals surface area contributed by atoms with Crippen LogP contribution in [-0.4, -0.2) is 63.7 Å². The molecule has 0 unspecified atom stereocenters. The monoisotopic (exact) mass is 531 g/mol. The lowest BCUT2D eigenvalue weighted by molar-refractivity contribution is 0.0218. The highest BCUT2D eigenvalue weighted by atomic mass is 19.1. The van der Waals surface area contributed by atoms with E-state index in [9.17, 15) is 9.18 Å². The molecule has 2 fully saturated rings. The van der Waals surface area contributed by atoms with Crippen molar-refractivity contribution in [2.75, 3.05) is 36.5 Å². The van der Waals surface area contributed by atoms with Gasteiger partial charge in [-0.15, -0.1) is 0 Å². The van der Waals surface area contributed by atoms with Crippen molar-refractivity contribution in [3.8, 4) is 6.01 Å². The number of ether oxygens (including phenoxy) is 2. The van der Waals surface area contributed by atoms with E-state index < -0.39 is 11.7 Å². The van der Waals surface area contributed by atoms with Gasteiger partial charge < -0.3 is 29.4 Å². The Balaban J connectivity index is 1.38. The van der Waals surface area contributed by atoms with Crippen molar-refractivity contribution in [3.63, 3.8) is 0 Å². The summed E-state index contributed by atoms with van der Waals surface area (Å²) in [6, 6.07) is 5.31. The molecule has 10 nitrogen and oxygen atoms in total. The summed E-state index contributed by atoms with van der Waals surface area (Å²) in [5.41, 5.74) is 3.79. The Labute approximate surface area is 224 Å². The van der Waals surface area contributed by atoms with Crippen molar-refractivity contribution in [1.29, 1.82) is 0 Å². The van der Waals surface area contributed by atoms with Gasteiger partial charge in [0.15, 0.2) is 11.5 Å². The van der Waals surface area contributed by atoms with Crippen LogP contribution in [0.25, 0.3) is 16.6 Å². The normalized spacial score (nSPS) is 18.4. The number of nitrogens with zero attached hydrogens (tertiary/aromatic N) is 5. The summed E-state index contributed by atoms with van der Waals surface area (Å²) >= 11 is 0. The third-order valence-corrected chi connectivity index (χ3v) is 6.94. The van der Waals surface area contributed by atoms with Crippen LogP contribution in [0.3, 0.4) is 0 Å². The second-order valence-electron chi connectivity index (χ2n) is 10.2. The highest BCUT2D eigenvalue weighted by Crippen LogP contribution is 2.32. The zero-order valence-electron chi connectivity index (χ0n) is 21.9. The van der Waals surface area contributed by atoms with Crippen LogP contribution in [0.2, 0.25) is 0 Å². The predicted octanol–water partition coefficient (Wildman–Crippen LogP) is 3.85. The summed E-state index contributed by atoms with van der Waals surface area (Å²) in [5.74, 6) is -0.945. The molecule has 1 aromatic carbocycles. The Kier molecular flexibility index (Phi) is 6.51. The van der Waals surface area contributed by atoms with Crippen molar-refractivity contribution in [3.05, 3.63) is 66.1 Å². The summed E-state index contributed by atoms with van der Waals surface area (Å²) in [4.78, 5) is 29.1. The van der Waals surface area contributed by atoms with Crippen LogP contribution in [0.15, 0.2) is 49.1 Å². The van der Waals surface area contributed by atoms with E-state index in [-0.39, 0.29) is 23.8 Å². The Hall–Kier alpha value is -4.25. The van der Waals surface area contributed by atoms with E-state index in [0.29, 0.717) is 42.2 Å². The molecule has 202 valence electrons. The topological polar surface area (TPSA) is 106 Å².